The highest BCUT2D eigenvalue weighted by Crippen LogP contribution is 2.53. The monoisotopic (exact) mass is 909 g/mol. The fourth-order valence-electron chi connectivity index (χ4n) is 9.04. The van der Waals surface area contributed by atoms with Crippen LogP contribution in [0.3, 0.4) is 0 Å². The number of anilines is 9. The number of rotatable bonds is 5. The fraction of sp³-hybridized carbons (Fsp3) is 0.143. The van der Waals surface area contributed by atoms with Gasteiger partial charge in [0.15, 0.2) is 0 Å². The van der Waals surface area contributed by atoms with Crippen molar-refractivity contribution in [3.63, 3.8) is 0 Å². The molecule has 4 nitrogen and oxygen atoms in total. The van der Waals surface area contributed by atoms with Gasteiger partial charge in [0.1, 0.15) is 0 Å². The minimum absolute atomic E-state index is 0.166. The van der Waals surface area contributed by atoms with E-state index in [9.17, 15) is 34.3 Å². The third-order valence-corrected chi connectivity index (χ3v) is 12.2. The molecule has 13 rings (SSSR count). The average Bonchev–Trinajstić information content (AvgIpc) is 1.18. The summed E-state index contributed by atoms with van der Waals surface area (Å²) in [6.45, 7) is 8.71. The first kappa shape index (κ1) is 19.5. The van der Waals surface area contributed by atoms with Crippen LogP contribution in [0.5, 0.6) is 0 Å². The van der Waals surface area contributed by atoms with E-state index >= 15 is 0 Å². The first-order valence-electron chi connectivity index (χ1n) is 37.5. The number of hydrogen-bond donors (Lipinski definition) is 0. The predicted molar refractivity (Wildman–Crippen MR) is 291 cm³/mol. The Bertz CT molecular complexity index is 5400. The molecule has 3 aliphatic rings. The number of fused-ring (bicyclic) bond motifs is 9. The second-order valence-electron chi connectivity index (χ2n) is 18.6. The van der Waals surface area contributed by atoms with Crippen molar-refractivity contribution < 1.29 is 43.9 Å². The van der Waals surface area contributed by atoms with E-state index in [0.29, 0.717) is 4.90 Å². The largest absolute Gasteiger partial charge is 0.311 e. The van der Waals surface area contributed by atoms with Gasteiger partial charge in [0.25, 0.3) is 6.71 Å². The van der Waals surface area contributed by atoms with Gasteiger partial charge in [0, 0.05) is 50.6 Å². The Kier molecular flexibility index (Phi) is 4.18. The van der Waals surface area contributed by atoms with Gasteiger partial charge in [-0.2, -0.15) is 0 Å². The summed E-state index contributed by atoms with van der Waals surface area (Å²) in [7, 11) is 0. The lowest BCUT2D eigenvalue weighted by Gasteiger charge is -2.46. The summed E-state index contributed by atoms with van der Waals surface area (Å²) >= 11 is 0. The van der Waals surface area contributed by atoms with Crippen LogP contribution in [-0.4, -0.2) is 11.3 Å². The van der Waals surface area contributed by atoms with Gasteiger partial charge in [0.2, 0.25) is 0 Å². The number of hydrogen-bond acceptors (Lipinski definition) is 3. The van der Waals surface area contributed by atoms with Crippen molar-refractivity contribution in [1.82, 2.24) is 4.57 Å². The highest BCUT2D eigenvalue weighted by molar-refractivity contribution is 7.00. The van der Waals surface area contributed by atoms with Crippen LogP contribution >= 0.6 is 0 Å². The molecule has 0 unspecified atom stereocenters. The third-order valence-electron chi connectivity index (χ3n) is 12.2. The van der Waals surface area contributed by atoms with E-state index in [1.54, 1.807) is 41.5 Å². The Morgan fingerprint density at radius 1 is 0.456 bits per heavy atom. The van der Waals surface area contributed by atoms with Gasteiger partial charge in [-0.25, -0.2) is 0 Å². The second-order valence-corrected chi connectivity index (χ2v) is 18.6. The molecule has 0 bridgehead atoms. The highest BCUT2D eigenvalue weighted by Gasteiger charge is 2.46. The van der Waals surface area contributed by atoms with Crippen molar-refractivity contribution in [2.75, 3.05) is 14.7 Å². The Hall–Kier alpha value is -7.76. The quantitative estimate of drug-likeness (QED) is 0.160. The summed E-state index contributed by atoms with van der Waals surface area (Å²) < 4.78 is 309. The van der Waals surface area contributed by atoms with E-state index in [4.69, 9.17) is 9.60 Å². The summed E-state index contributed by atoms with van der Waals surface area (Å²) in [5, 5.41) is -0.759. The van der Waals surface area contributed by atoms with Crippen LogP contribution in [0.25, 0.3) is 38.6 Å². The zero-order valence-corrected chi connectivity index (χ0v) is 37.4. The summed E-state index contributed by atoms with van der Waals surface area (Å²) in [5.74, 6) is 0. The maximum Gasteiger partial charge on any atom is 0.252 e. The molecule has 9 aromatic carbocycles. The minimum Gasteiger partial charge on any atom is -0.311 e. The molecule has 68 heavy (non-hydrogen) atoms. The fourth-order valence-corrected chi connectivity index (χ4v) is 9.04. The molecule has 0 spiro atoms. The van der Waals surface area contributed by atoms with Crippen molar-refractivity contribution in [3.05, 3.63) is 210 Å². The van der Waals surface area contributed by atoms with Crippen LogP contribution in [0.2, 0.25) is 0 Å². The van der Waals surface area contributed by atoms with Crippen LogP contribution in [-0.2, 0) is 10.8 Å². The topological polar surface area (TPSA) is 14.7 Å². The number of aromatic nitrogens is 1. The van der Waals surface area contributed by atoms with Crippen molar-refractivity contribution >= 4 is 96.1 Å². The van der Waals surface area contributed by atoms with Gasteiger partial charge in [-0.1, -0.05) is 156 Å². The Morgan fingerprint density at radius 2 is 1.03 bits per heavy atom. The van der Waals surface area contributed by atoms with Crippen molar-refractivity contribution in [3.8, 4) is 16.8 Å². The molecule has 10 aromatic rings. The molecule has 0 radical (unpaired) electrons. The Labute approximate surface area is 445 Å². The average molecular weight is 909 g/mol. The molecule has 4 heterocycles. The van der Waals surface area contributed by atoms with Gasteiger partial charge >= 0.3 is 0 Å². The van der Waals surface area contributed by atoms with Crippen molar-refractivity contribution in [1.29, 1.82) is 0 Å². The lowest BCUT2D eigenvalue weighted by Crippen LogP contribution is -2.61. The zero-order chi connectivity index (χ0) is 74.1. The third kappa shape index (κ3) is 6.01. The first-order valence-corrected chi connectivity index (χ1v) is 21.5. The number of para-hydroxylation sites is 3. The standard InChI is InChI=1S/C63H53BN4/c1-40-37-57-59-58(38-40)68-54-21-13-18-50-49-17-11-12-20-53(49)67(60(50)54)55-22-14-19-52(61(55)68)64(59)51-36-35-48(39-56(51)66(57)47-29-23-42(24-30-47)41-15-9-8-10-16-41)65(45-31-25-43(26-32-45)62(2,3)4)46-33-27-44(28-34-46)63(5,6)7/h8-39H,1-7H3/i8D,9D,10D,11D,12D,13D,14D,15D,16D,17D,18D,19D,20D,21D,22D,23D,24D,25D,26D,27D,28D,29D,30D,31D,32D,33D,34D,35D,36D,37D,38D,39D. The molecular formula is C63H53BN4. The smallest absolute Gasteiger partial charge is 0.252 e. The van der Waals surface area contributed by atoms with Crippen LogP contribution in [0.15, 0.2) is 193 Å². The predicted octanol–water partition coefficient (Wildman–Crippen LogP) is 15.2. The Morgan fingerprint density at radius 3 is 1.71 bits per heavy atom. The van der Waals surface area contributed by atoms with Crippen LogP contribution in [0, 0.1) is 6.92 Å². The number of benzene rings is 9. The zero-order valence-electron chi connectivity index (χ0n) is 69.4. The summed E-state index contributed by atoms with van der Waals surface area (Å²) in [6, 6.07) is -29.0. The molecule has 328 valence electrons. The van der Waals surface area contributed by atoms with E-state index in [0.717, 1.165) is 14.4 Å². The van der Waals surface area contributed by atoms with E-state index < -0.39 is 301 Å². The normalized spacial score (nSPS) is 20.0. The van der Waals surface area contributed by atoms with Gasteiger partial charge in [-0.15, -0.1) is 0 Å². The maximum absolute atomic E-state index is 11.0. The molecule has 3 aliphatic heterocycles. The summed E-state index contributed by atoms with van der Waals surface area (Å²) in [6.07, 6.45) is 0. The van der Waals surface area contributed by atoms with Gasteiger partial charge in [-0.3, -0.25) is 0 Å². The van der Waals surface area contributed by atoms with Crippen LogP contribution in [0.1, 0.15) is 102 Å². The maximum atomic E-state index is 11.0. The van der Waals surface area contributed by atoms with E-state index in [-0.39, 0.29) is 33.0 Å². The summed E-state index contributed by atoms with van der Waals surface area (Å²) in [5.41, 5.74) is -14.4. The Balaban J connectivity index is 1.31. The summed E-state index contributed by atoms with van der Waals surface area (Å²) in [4.78, 5) is 2.44. The molecule has 5 heteroatoms. The van der Waals surface area contributed by atoms with E-state index in [1.165, 1.54) is 6.92 Å². The SMILES string of the molecule is [2H]c1c([2H])c([2H])c(-c2c([2H])c([2H])c(N3c4c([2H])c(N(c5c([2H])c([2H])c(C(C)(C)C)c([2H])c5[2H])c5c([2H])c([2H])c(C(C)(C)C)c([2H])c5[2H])c([2H])c([2H])c4B4c5c3c([2H])c(C)c([2H])c5N3c5c4c([2H])c([2H])c([2H])c5-n4c5c([2H])c([2H])c([2H])c([2H])c5c5c([2H])c([2H])c([2H])c3c54)c([2H])c2[2H])c([2H])c1[2H]. The second kappa shape index (κ2) is 14.6. The molecule has 0 N–H and O–H groups in total. The van der Waals surface area contributed by atoms with Gasteiger partial charge in [-0.05, 0) is 141 Å². The van der Waals surface area contributed by atoms with E-state index in [1.807, 2.05) is 0 Å². The molecule has 0 fully saturated rings. The molecule has 0 aliphatic carbocycles. The van der Waals surface area contributed by atoms with Crippen LogP contribution < -0.4 is 31.1 Å². The molecule has 0 amide bonds. The van der Waals surface area contributed by atoms with Crippen LogP contribution in [0.4, 0.5) is 51.2 Å². The highest BCUT2D eigenvalue weighted by atomic mass is 15.2. The molecule has 0 atom stereocenters. The molecular weight excluding hydrogens is 824 g/mol. The van der Waals surface area contributed by atoms with Gasteiger partial charge in [0.05, 0.1) is 72.0 Å². The molecule has 0 saturated carbocycles. The lowest BCUT2D eigenvalue weighted by molar-refractivity contribution is 0.590. The number of nitrogens with zero attached hydrogens (tertiary/aromatic N) is 4. The van der Waals surface area contributed by atoms with Crippen molar-refractivity contribution in [2.24, 2.45) is 0 Å². The molecule has 1 aromatic heterocycles. The minimum atomic E-state index is -2.07. The lowest BCUT2D eigenvalue weighted by atomic mass is 9.33. The van der Waals surface area contributed by atoms with Crippen molar-refractivity contribution in [2.45, 2.75) is 59.3 Å². The van der Waals surface area contributed by atoms with E-state index in [2.05, 4.69) is 0 Å². The van der Waals surface area contributed by atoms with Gasteiger partial charge < -0.3 is 19.3 Å². The first-order chi connectivity index (χ1) is 46.3. The molecule has 0 saturated heterocycles.